The van der Waals surface area contributed by atoms with Crippen molar-refractivity contribution >= 4 is 5.96 Å². The third-order valence-electron chi connectivity index (χ3n) is 3.60. The summed E-state index contributed by atoms with van der Waals surface area (Å²) in [7, 11) is 1.94. The number of aryl methyl sites for hydroxylation is 2. The molecule has 0 fully saturated rings. The maximum atomic E-state index is 5.32. The molecule has 2 aromatic heterocycles. The Morgan fingerprint density at radius 2 is 2.21 bits per heavy atom. The third-order valence-corrected chi connectivity index (χ3v) is 3.60. The van der Waals surface area contributed by atoms with Crippen molar-refractivity contribution < 1.29 is 4.52 Å². The lowest BCUT2D eigenvalue weighted by molar-refractivity contribution is 0.376. The van der Waals surface area contributed by atoms with E-state index in [9.17, 15) is 0 Å². The molecule has 0 saturated heterocycles. The molecule has 0 spiro atoms. The van der Waals surface area contributed by atoms with Crippen LogP contribution in [0.5, 0.6) is 0 Å². The van der Waals surface area contributed by atoms with Crippen LogP contribution in [0, 0.1) is 0 Å². The molecule has 0 saturated carbocycles. The lowest BCUT2D eigenvalue weighted by atomic mass is 10.1. The zero-order valence-electron chi connectivity index (χ0n) is 15.0. The molecule has 0 radical (unpaired) electrons. The molecule has 2 N–H and O–H groups in total. The number of nitrogens with zero attached hydrogens (tertiary/aromatic N) is 4. The van der Waals surface area contributed by atoms with E-state index in [2.05, 4.69) is 52.8 Å². The van der Waals surface area contributed by atoms with Gasteiger partial charge in [-0.05, 0) is 31.2 Å². The lowest BCUT2D eigenvalue weighted by Gasteiger charge is -2.10. The molecule has 0 aliphatic heterocycles. The molecule has 0 aliphatic carbocycles. The van der Waals surface area contributed by atoms with E-state index in [4.69, 9.17) is 4.52 Å². The zero-order valence-corrected chi connectivity index (χ0v) is 15.0. The molecule has 0 aromatic carbocycles. The summed E-state index contributed by atoms with van der Waals surface area (Å²) in [5.41, 5.74) is 2.22. The molecular weight excluding hydrogens is 304 g/mol. The van der Waals surface area contributed by atoms with Gasteiger partial charge in [0.1, 0.15) is 6.54 Å². The summed E-state index contributed by atoms with van der Waals surface area (Å²) in [4.78, 5) is 4.55. The molecule has 2 rings (SSSR count). The summed E-state index contributed by atoms with van der Waals surface area (Å²) in [5, 5.41) is 14.8. The van der Waals surface area contributed by atoms with Gasteiger partial charge in [-0.15, -0.1) is 0 Å². The number of aliphatic imine (C=N–C) groups is 1. The summed E-state index contributed by atoms with van der Waals surface area (Å²) in [6.45, 7) is 8.41. The smallest absolute Gasteiger partial charge is 0.191 e. The van der Waals surface area contributed by atoms with Gasteiger partial charge in [-0.3, -0.25) is 4.68 Å². The highest BCUT2D eigenvalue weighted by molar-refractivity contribution is 5.79. The topological polar surface area (TPSA) is 80.3 Å². The molecule has 132 valence electrons. The van der Waals surface area contributed by atoms with Gasteiger partial charge < -0.3 is 15.2 Å². The SMILES string of the molecule is CCNC(=NCc1cc(C(C)C)no1)NCCCc1cnn(C)c1. The molecule has 0 unspecified atom stereocenters. The Labute approximate surface area is 143 Å². The van der Waals surface area contributed by atoms with Crippen molar-refractivity contribution in [2.45, 2.75) is 46.1 Å². The molecule has 2 aromatic rings. The van der Waals surface area contributed by atoms with Crippen LogP contribution in [0.2, 0.25) is 0 Å². The van der Waals surface area contributed by atoms with Crippen LogP contribution in [-0.2, 0) is 20.0 Å². The fraction of sp³-hybridized carbons (Fsp3) is 0.588. The van der Waals surface area contributed by atoms with Crippen molar-refractivity contribution in [1.29, 1.82) is 0 Å². The second kappa shape index (κ2) is 9.10. The van der Waals surface area contributed by atoms with Gasteiger partial charge in [0.05, 0.1) is 11.9 Å². The standard InChI is InChI=1S/C17H28N6O/c1-5-18-17(19-8-6-7-14-10-21-23(4)12-14)20-11-15-9-16(13(2)3)22-24-15/h9-10,12-13H,5-8,11H2,1-4H3,(H2,18,19,20). The van der Waals surface area contributed by atoms with Crippen LogP contribution < -0.4 is 10.6 Å². The van der Waals surface area contributed by atoms with Crippen LogP contribution in [0.3, 0.4) is 0 Å². The van der Waals surface area contributed by atoms with E-state index < -0.39 is 0 Å². The fourth-order valence-corrected chi connectivity index (χ4v) is 2.27. The number of nitrogens with one attached hydrogen (secondary N) is 2. The van der Waals surface area contributed by atoms with E-state index in [1.54, 1.807) is 0 Å². The normalized spacial score (nSPS) is 12.0. The average Bonchev–Trinajstić information content (AvgIpc) is 3.18. The van der Waals surface area contributed by atoms with Crippen molar-refractivity contribution in [2.75, 3.05) is 13.1 Å². The monoisotopic (exact) mass is 332 g/mol. The molecule has 0 amide bonds. The quantitative estimate of drug-likeness (QED) is 0.440. The first kappa shape index (κ1) is 18.0. The highest BCUT2D eigenvalue weighted by Gasteiger charge is 2.07. The van der Waals surface area contributed by atoms with Gasteiger partial charge in [0.15, 0.2) is 11.7 Å². The van der Waals surface area contributed by atoms with Gasteiger partial charge in [-0.25, -0.2) is 4.99 Å². The molecule has 7 nitrogen and oxygen atoms in total. The summed E-state index contributed by atoms with van der Waals surface area (Å²) in [6, 6.07) is 1.97. The van der Waals surface area contributed by atoms with Crippen LogP contribution in [0.15, 0.2) is 28.0 Å². The summed E-state index contributed by atoms with van der Waals surface area (Å²) >= 11 is 0. The Morgan fingerprint density at radius 1 is 1.38 bits per heavy atom. The second-order valence-corrected chi connectivity index (χ2v) is 6.12. The van der Waals surface area contributed by atoms with Gasteiger partial charge >= 0.3 is 0 Å². The number of aromatic nitrogens is 3. The predicted octanol–water partition coefficient (Wildman–Crippen LogP) is 2.22. The first-order valence-corrected chi connectivity index (χ1v) is 8.53. The predicted molar refractivity (Wildman–Crippen MR) is 94.9 cm³/mol. The highest BCUT2D eigenvalue weighted by Crippen LogP contribution is 2.14. The fourth-order valence-electron chi connectivity index (χ4n) is 2.27. The van der Waals surface area contributed by atoms with Gasteiger partial charge in [0, 0.05) is 32.4 Å². The van der Waals surface area contributed by atoms with Crippen molar-refractivity contribution in [1.82, 2.24) is 25.6 Å². The molecule has 2 heterocycles. The highest BCUT2D eigenvalue weighted by atomic mass is 16.5. The summed E-state index contributed by atoms with van der Waals surface area (Å²) < 4.78 is 7.15. The van der Waals surface area contributed by atoms with Crippen molar-refractivity contribution in [3.8, 4) is 0 Å². The van der Waals surface area contributed by atoms with Crippen LogP contribution in [0.1, 0.15) is 50.1 Å². The Kier molecular flexibility index (Phi) is 6.84. The Hall–Kier alpha value is -2.31. The van der Waals surface area contributed by atoms with Crippen molar-refractivity contribution in [3.05, 3.63) is 35.5 Å². The maximum Gasteiger partial charge on any atom is 0.191 e. The number of rotatable bonds is 8. The zero-order chi connectivity index (χ0) is 17.4. The van der Waals surface area contributed by atoms with E-state index in [1.807, 2.05) is 24.0 Å². The number of guanidine groups is 1. The first-order valence-electron chi connectivity index (χ1n) is 8.53. The maximum absolute atomic E-state index is 5.32. The Morgan fingerprint density at radius 3 is 2.83 bits per heavy atom. The molecule has 7 heteroatoms. The molecule has 0 bridgehead atoms. The minimum Gasteiger partial charge on any atom is -0.359 e. The number of hydrogen-bond acceptors (Lipinski definition) is 4. The minimum atomic E-state index is 0.366. The Balaban J connectivity index is 1.79. The van der Waals surface area contributed by atoms with Crippen molar-refractivity contribution in [2.24, 2.45) is 12.0 Å². The van der Waals surface area contributed by atoms with E-state index in [0.717, 1.165) is 43.3 Å². The van der Waals surface area contributed by atoms with Gasteiger partial charge in [-0.1, -0.05) is 19.0 Å². The van der Waals surface area contributed by atoms with E-state index in [0.29, 0.717) is 12.5 Å². The Bertz CT molecular complexity index is 643. The number of hydrogen-bond donors (Lipinski definition) is 2. The van der Waals surface area contributed by atoms with E-state index >= 15 is 0 Å². The molecule has 24 heavy (non-hydrogen) atoms. The average molecular weight is 332 g/mol. The van der Waals surface area contributed by atoms with Crippen LogP contribution in [0.25, 0.3) is 0 Å². The summed E-state index contributed by atoms with van der Waals surface area (Å²) in [5.74, 6) is 1.95. The molecule has 0 atom stereocenters. The van der Waals surface area contributed by atoms with Crippen LogP contribution >= 0.6 is 0 Å². The van der Waals surface area contributed by atoms with Gasteiger partial charge in [0.2, 0.25) is 0 Å². The lowest BCUT2D eigenvalue weighted by Crippen LogP contribution is -2.37. The largest absolute Gasteiger partial charge is 0.359 e. The summed E-state index contributed by atoms with van der Waals surface area (Å²) in [6.07, 6.45) is 5.99. The van der Waals surface area contributed by atoms with E-state index in [1.165, 1.54) is 5.56 Å². The second-order valence-electron chi connectivity index (χ2n) is 6.12. The molecular formula is C17H28N6O. The van der Waals surface area contributed by atoms with Gasteiger partial charge in [-0.2, -0.15) is 5.10 Å². The van der Waals surface area contributed by atoms with Gasteiger partial charge in [0.25, 0.3) is 0 Å². The van der Waals surface area contributed by atoms with Crippen LogP contribution in [0.4, 0.5) is 0 Å². The molecule has 0 aliphatic rings. The van der Waals surface area contributed by atoms with E-state index in [-0.39, 0.29) is 0 Å². The first-order chi connectivity index (χ1) is 11.6. The van der Waals surface area contributed by atoms with Crippen molar-refractivity contribution in [3.63, 3.8) is 0 Å². The van der Waals surface area contributed by atoms with Crippen LogP contribution in [-0.4, -0.2) is 34.0 Å². The third kappa shape index (κ3) is 5.72. The minimum absolute atomic E-state index is 0.366.